The van der Waals surface area contributed by atoms with Crippen molar-refractivity contribution in [1.82, 2.24) is 16.0 Å². The molecule has 0 bridgehead atoms. The van der Waals surface area contributed by atoms with Gasteiger partial charge in [0.2, 0.25) is 0 Å². The van der Waals surface area contributed by atoms with Crippen molar-refractivity contribution in [3.8, 4) is 0 Å². The van der Waals surface area contributed by atoms with Crippen LogP contribution >= 0.6 is 0 Å². The fraction of sp³-hybridized carbons (Fsp3) is 1.00. The highest BCUT2D eigenvalue weighted by atomic mass is 15.1. The predicted octanol–water partition coefficient (Wildman–Crippen LogP) is 0.324. The quantitative estimate of drug-likeness (QED) is 0.554. The first-order valence-corrected chi connectivity index (χ1v) is 5.35. The molecule has 0 amide bonds. The monoisotopic (exact) mass is 185 g/mol. The summed E-state index contributed by atoms with van der Waals surface area (Å²) in [4.78, 5) is 0. The molecule has 0 spiro atoms. The molecule has 3 heteroatoms. The summed E-state index contributed by atoms with van der Waals surface area (Å²) in [5.41, 5.74) is 0. The minimum atomic E-state index is 0.567. The normalized spacial score (nSPS) is 35.8. The molecular formula is C10H23N3. The molecule has 2 unspecified atom stereocenters. The highest BCUT2D eigenvalue weighted by Crippen LogP contribution is 2.18. The molecule has 1 rings (SSSR count). The zero-order valence-corrected chi connectivity index (χ0v) is 9.06. The summed E-state index contributed by atoms with van der Waals surface area (Å²) >= 11 is 0. The van der Waals surface area contributed by atoms with Gasteiger partial charge in [-0.3, -0.25) is 0 Å². The van der Waals surface area contributed by atoms with E-state index in [-0.39, 0.29) is 0 Å². The van der Waals surface area contributed by atoms with Crippen LogP contribution in [0, 0.1) is 0 Å². The molecule has 3 nitrogen and oxygen atoms in total. The number of hydrogen-bond donors (Lipinski definition) is 3. The Hall–Kier alpha value is -0.120. The van der Waals surface area contributed by atoms with Gasteiger partial charge in [-0.15, -0.1) is 0 Å². The van der Waals surface area contributed by atoms with Gasteiger partial charge in [0.15, 0.2) is 0 Å². The molecule has 0 aromatic rings. The molecule has 1 saturated carbocycles. The van der Waals surface area contributed by atoms with Crippen molar-refractivity contribution in [1.29, 1.82) is 0 Å². The van der Waals surface area contributed by atoms with Gasteiger partial charge in [0.05, 0.1) is 0 Å². The summed E-state index contributed by atoms with van der Waals surface area (Å²) in [6.45, 7) is 0. The van der Waals surface area contributed by atoms with E-state index in [0.29, 0.717) is 18.1 Å². The second-order valence-electron chi connectivity index (χ2n) is 3.89. The molecule has 13 heavy (non-hydrogen) atoms. The highest BCUT2D eigenvalue weighted by molar-refractivity contribution is 4.92. The fourth-order valence-corrected chi connectivity index (χ4v) is 2.42. The maximum atomic E-state index is 3.42. The van der Waals surface area contributed by atoms with Crippen molar-refractivity contribution in [2.24, 2.45) is 0 Å². The van der Waals surface area contributed by atoms with Crippen LogP contribution in [-0.4, -0.2) is 39.3 Å². The van der Waals surface area contributed by atoms with E-state index in [0.717, 1.165) is 0 Å². The maximum absolute atomic E-state index is 3.42. The van der Waals surface area contributed by atoms with Crippen molar-refractivity contribution in [3.05, 3.63) is 0 Å². The third-order valence-corrected chi connectivity index (χ3v) is 3.22. The van der Waals surface area contributed by atoms with Crippen molar-refractivity contribution >= 4 is 0 Å². The lowest BCUT2D eigenvalue weighted by Crippen LogP contribution is -2.55. The van der Waals surface area contributed by atoms with Crippen LogP contribution in [0.4, 0.5) is 0 Å². The molecule has 78 valence electrons. The van der Waals surface area contributed by atoms with Crippen LogP contribution in [0.1, 0.15) is 25.7 Å². The van der Waals surface area contributed by atoms with E-state index in [2.05, 4.69) is 37.1 Å². The molecule has 2 atom stereocenters. The van der Waals surface area contributed by atoms with Gasteiger partial charge in [-0.2, -0.15) is 0 Å². The summed E-state index contributed by atoms with van der Waals surface area (Å²) in [6.07, 6.45) is 5.28. The zero-order chi connectivity index (χ0) is 9.68. The minimum Gasteiger partial charge on any atom is -0.315 e. The van der Waals surface area contributed by atoms with Crippen molar-refractivity contribution in [3.63, 3.8) is 0 Å². The van der Waals surface area contributed by atoms with E-state index in [1.807, 2.05) is 0 Å². The Kier molecular flexibility index (Phi) is 4.70. The Bertz CT molecular complexity index is 124. The predicted molar refractivity (Wildman–Crippen MR) is 57.0 cm³/mol. The topological polar surface area (TPSA) is 36.1 Å². The molecule has 0 heterocycles. The van der Waals surface area contributed by atoms with E-state index in [1.54, 1.807) is 0 Å². The van der Waals surface area contributed by atoms with Crippen molar-refractivity contribution < 1.29 is 0 Å². The van der Waals surface area contributed by atoms with Gasteiger partial charge >= 0.3 is 0 Å². The molecule has 0 aliphatic heterocycles. The summed E-state index contributed by atoms with van der Waals surface area (Å²) < 4.78 is 0. The largest absolute Gasteiger partial charge is 0.315 e. The lowest BCUT2D eigenvalue weighted by atomic mass is 9.99. The van der Waals surface area contributed by atoms with Crippen LogP contribution in [0.5, 0.6) is 0 Å². The lowest BCUT2D eigenvalue weighted by molar-refractivity contribution is 0.327. The summed E-state index contributed by atoms with van der Waals surface area (Å²) in [5.74, 6) is 0. The first-order chi connectivity index (χ1) is 6.33. The SMILES string of the molecule is CNC1CCCCC(NC)C1NC. The third kappa shape index (κ3) is 2.66. The summed E-state index contributed by atoms with van der Waals surface area (Å²) in [7, 11) is 6.19. The molecule has 3 N–H and O–H groups in total. The van der Waals surface area contributed by atoms with Crippen LogP contribution in [0.25, 0.3) is 0 Å². The summed E-state index contributed by atoms with van der Waals surface area (Å²) in [6, 6.07) is 1.80. The van der Waals surface area contributed by atoms with Gasteiger partial charge < -0.3 is 16.0 Å². The van der Waals surface area contributed by atoms with Crippen LogP contribution < -0.4 is 16.0 Å². The highest BCUT2D eigenvalue weighted by Gasteiger charge is 2.28. The van der Waals surface area contributed by atoms with Gasteiger partial charge in [0.25, 0.3) is 0 Å². The smallest absolute Gasteiger partial charge is 0.0373 e. The standard InChI is InChI=1S/C10H23N3/c1-11-8-6-4-5-7-9(12-2)10(8)13-3/h8-13H,4-7H2,1-3H3. The molecular weight excluding hydrogens is 162 g/mol. The third-order valence-electron chi connectivity index (χ3n) is 3.22. The molecule has 0 saturated heterocycles. The Balaban J connectivity index is 2.61. The molecule has 0 radical (unpaired) electrons. The van der Waals surface area contributed by atoms with Gasteiger partial charge in [-0.05, 0) is 34.0 Å². The number of nitrogens with one attached hydrogen (secondary N) is 3. The molecule has 1 aliphatic carbocycles. The summed E-state index contributed by atoms with van der Waals surface area (Å²) in [5, 5.41) is 10.2. The first kappa shape index (κ1) is 11.0. The van der Waals surface area contributed by atoms with Crippen LogP contribution in [0.2, 0.25) is 0 Å². The Morgan fingerprint density at radius 1 is 0.769 bits per heavy atom. The van der Waals surface area contributed by atoms with Crippen molar-refractivity contribution in [2.75, 3.05) is 21.1 Å². The number of rotatable bonds is 3. The maximum Gasteiger partial charge on any atom is 0.0373 e. The first-order valence-electron chi connectivity index (χ1n) is 5.35. The Labute approximate surface area is 81.7 Å². The van der Waals surface area contributed by atoms with E-state index in [9.17, 15) is 0 Å². The molecule has 1 fully saturated rings. The number of likely N-dealkylation sites (N-methyl/N-ethyl adjacent to an activating group) is 3. The van der Waals surface area contributed by atoms with Crippen LogP contribution in [-0.2, 0) is 0 Å². The van der Waals surface area contributed by atoms with E-state index >= 15 is 0 Å². The van der Waals surface area contributed by atoms with Crippen molar-refractivity contribution in [2.45, 2.75) is 43.8 Å². The van der Waals surface area contributed by atoms with E-state index in [4.69, 9.17) is 0 Å². The molecule has 0 aromatic carbocycles. The number of hydrogen-bond acceptors (Lipinski definition) is 3. The van der Waals surface area contributed by atoms with E-state index in [1.165, 1.54) is 25.7 Å². The average molecular weight is 185 g/mol. The van der Waals surface area contributed by atoms with Crippen LogP contribution in [0.3, 0.4) is 0 Å². The van der Waals surface area contributed by atoms with Gasteiger partial charge in [0, 0.05) is 18.1 Å². The second kappa shape index (κ2) is 5.58. The minimum absolute atomic E-state index is 0.567. The lowest BCUT2D eigenvalue weighted by Gasteiger charge is -2.30. The average Bonchev–Trinajstić information content (AvgIpc) is 2.37. The second-order valence-corrected chi connectivity index (χ2v) is 3.89. The van der Waals surface area contributed by atoms with Crippen LogP contribution in [0.15, 0.2) is 0 Å². The molecule has 0 aromatic heterocycles. The van der Waals surface area contributed by atoms with E-state index < -0.39 is 0 Å². The zero-order valence-electron chi connectivity index (χ0n) is 9.06. The Morgan fingerprint density at radius 3 is 1.54 bits per heavy atom. The van der Waals surface area contributed by atoms with Gasteiger partial charge in [-0.1, -0.05) is 12.8 Å². The van der Waals surface area contributed by atoms with Gasteiger partial charge in [0.1, 0.15) is 0 Å². The fourth-order valence-electron chi connectivity index (χ4n) is 2.42. The molecule has 1 aliphatic rings. The van der Waals surface area contributed by atoms with Gasteiger partial charge in [-0.25, -0.2) is 0 Å². The Morgan fingerprint density at radius 2 is 1.23 bits per heavy atom.